The van der Waals surface area contributed by atoms with Crippen molar-refractivity contribution in [2.75, 3.05) is 52.3 Å². The predicted molar refractivity (Wildman–Crippen MR) is 138 cm³/mol. The zero-order valence-corrected chi connectivity index (χ0v) is 21.5. The number of nitrogens with two attached hydrogens (primary N) is 2. The molecule has 13 heteroatoms. The number of hydrogen-bond acceptors (Lipinski definition) is 7. The maximum Gasteiger partial charge on any atom is 0.323 e. The van der Waals surface area contributed by atoms with E-state index >= 15 is 0 Å². The fraction of sp³-hybridized carbons (Fsp3) is 0.435. The first-order valence-corrected chi connectivity index (χ1v) is 12.7. The summed E-state index contributed by atoms with van der Waals surface area (Å²) >= 11 is 0. The van der Waals surface area contributed by atoms with Crippen LogP contribution in [0.2, 0.25) is 0 Å². The second-order valence-corrected chi connectivity index (χ2v) is 9.97. The molecule has 6 N–H and O–H groups in total. The summed E-state index contributed by atoms with van der Waals surface area (Å²) in [7, 11) is 0.944. The highest BCUT2D eigenvalue weighted by molar-refractivity contribution is 7.89. The summed E-state index contributed by atoms with van der Waals surface area (Å²) in [6.07, 6.45) is 0.327. The average Bonchev–Trinajstić information content (AvgIpc) is 2.81. The Morgan fingerprint density at radius 3 is 2.42 bits per heavy atom. The van der Waals surface area contributed by atoms with Crippen molar-refractivity contribution >= 4 is 44.3 Å². The third-order valence-electron chi connectivity index (χ3n) is 5.37. The van der Waals surface area contributed by atoms with Crippen molar-refractivity contribution in [3.63, 3.8) is 0 Å². The lowest BCUT2D eigenvalue weighted by atomic mass is 10.1. The van der Waals surface area contributed by atoms with Gasteiger partial charge in [0.25, 0.3) is 0 Å². The molecule has 0 radical (unpaired) electrons. The van der Waals surface area contributed by atoms with Gasteiger partial charge in [0.05, 0.1) is 11.5 Å². The van der Waals surface area contributed by atoms with Gasteiger partial charge in [0.15, 0.2) is 5.96 Å². The molecule has 0 saturated heterocycles. The van der Waals surface area contributed by atoms with Gasteiger partial charge in [-0.2, -0.15) is 4.72 Å². The number of aliphatic carboxylic acids is 1. The molecule has 0 aliphatic heterocycles. The minimum absolute atomic E-state index is 0.00685. The van der Waals surface area contributed by atoms with Crippen LogP contribution in [0.1, 0.15) is 12.8 Å². The number of methoxy groups -OCH3 is 1. The number of sulfonamides is 1. The number of fused-ring (bicyclic) bond motifs is 1. The Bertz CT molecular complexity index is 1200. The number of carboxylic acids is 1. The van der Waals surface area contributed by atoms with Gasteiger partial charge in [-0.15, -0.1) is 0 Å². The maximum absolute atomic E-state index is 13.5. The number of ether oxygens (including phenoxy) is 1. The number of anilines is 1. The summed E-state index contributed by atoms with van der Waals surface area (Å²) in [6.45, 7) is -0.364. The number of aliphatic imine (C=N–C) groups is 1. The van der Waals surface area contributed by atoms with Crippen molar-refractivity contribution in [1.82, 2.24) is 9.62 Å². The van der Waals surface area contributed by atoms with Crippen molar-refractivity contribution in [2.24, 2.45) is 16.5 Å². The fourth-order valence-corrected chi connectivity index (χ4v) is 5.17. The maximum atomic E-state index is 13.5. The van der Waals surface area contributed by atoms with Crippen molar-refractivity contribution in [2.45, 2.75) is 23.8 Å². The Labute approximate surface area is 210 Å². The molecule has 0 aromatic heterocycles. The van der Waals surface area contributed by atoms with Crippen LogP contribution in [0.5, 0.6) is 0 Å². The first kappa shape index (κ1) is 28.8. The predicted octanol–water partition coefficient (Wildman–Crippen LogP) is 0.166. The lowest BCUT2D eigenvalue weighted by Crippen LogP contribution is -2.50. The summed E-state index contributed by atoms with van der Waals surface area (Å²) in [5.74, 6) is -2.04. The third kappa shape index (κ3) is 7.80. The molecule has 36 heavy (non-hydrogen) atoms. The fourth-order valence-electron chi connectivity index (χ4n) is 3.73. The molecule has 2 aromatic rings. The Morgan fingerprint density at radius 2 is 1.81 bits per heavy atom. The summed E-state index contributed by atoms with van der Waals surface area (Å²) in [5, 5.41) is 10.5. The number of amides is 1. The molecule has 1 unspecified atom stereocenters. The number of carboxylic acid groups (broad SMARTS) is 1. The number of carbonyl (C=O) groups is 2. The Hall–Kier alpha value is -3.42. The van der Waals surface area contributed by atoms with Gasteiger partial charge in [-0.05, 0) is 25.0 Å². The normalized spacial score (nSPS) is 12.2. The van der Waals surface area contributed by atoms with Crippen LogP contribution in [0.4, 0.5) is 5.69 Å². The van der Waals surface area contributed by atoms with Gasteiger partial charge in [-0.25, -0.2) is 8.42 Å². The van der Waals surface area contributed by atoms with Crippen molar-refractivity contribution in [1.29, 1.82) is 0 Å². The molecule has 12 nitrogen and oxygen atoms in total. The van der Waals surface area contributed by atoms with Crippen LogP contribution in [0.3, 0.4) is 0 Å². The van der Waals surface area contributed by atoms with Crippen LogP contribution >= 0.6 is 0 Å². The molecule has 0 fully saturated rings. The van der Waals surface area contributed by atoms with Gasteiger partial charge in [0, 0.05) is 50.8 Å². The third-order valence-corrected chi connectivity index (χ3v) is 6.90. The highest BCUT2D eigenvalue weighted by Crippen LogP contribution is 2.30. The van der Waals surface area contributed by atoms with E-state index < -0.39 is 34.5 Å². The van der Waals surface area contributed by atoms with Gasteiger partial charge in [0.2, 0.25) is 15.9 Å². The lowest BCUT2D eigenvalue weighted by Gasteiger charge is -2.26. The molecule has 198 valence electrons. The molecule has 0 aliphatic carbocycles. The Balaban J connectivity index is 2.45. The van der Waals surface area contributed by atoms with E-state index in [0.29, 0.717) is 5.39 Å². The van der Waals surface area contributed by atoms with Crippen LogP contribution in [-0.4, -0.2) is 89.7 Å². The second-order valence-electron chi connectivity index (χ2n) is 8.29. The van der Waals surface area contributed by atoms with E-state index in [4.69, 9.17) is 16.2 Å². The van der Waals surface area contributed by atoms with Crippen LogP contribution in [0.15, 0.2) is 46.3 Å². The van der Waals surface area contributed by atoms with E-state index in [9.17, 15) is 23.1 Å². The van der Waals surface area contributed by atoms with Gasteiger partial charge in [0.1, 0.15) is 12.6 Å². The summed E-state index contributed by atoms with van der Waals surface area (Å²) in [4.78, 5) is 31.5. The quantitative estimate of drug-likeness (QED) is 0.153. The molecule has 1 amide bonds. The number of nitrogens with zero attached hydrogens (tertiary/aromatic N) is 3. The highest BCUT2D eigenvalue weighted by Gasteiger charge is 2.31. The lowest BCUT2D eigenvalue weighted by molar-refractivity contribution is -0.145. The van der Waals surface area contributed by atoms with Crippen LogP contribution < -0.4 is 21.1 Å². The second kappa shape index (κ2) is 13.0. The first-order chi connectivity index (χ1) is 17.0. The Morgan fingerprint density at radius 1 is 1.14 bits per heavy atom. The minimum atomic E-state index is -4.19. The van der Waals surface area contributed by atoms with Crippen molar-refractivity contribution in [3.8, 4) is 0 Å². The van der Waals surface area contributed by atoms with Gasteiger partial charge >= 0.3 is 5.97 Å². The van der Waals surface area contributed by atoms with E-state index in [0.717, 1.165) is 16.0 Å². The molecule has 2 aromatic carbocycles. The van der Waals surface area contributed by atoms with Crippen LogP contribution in [0, 0.1) is 0 Å². The number of hydrogen-bond donors (Lipinski definition) is 4. The zero-order chi connectivity index (χ0) is 26.9. The monoisotopic (exact) mass is 522 g/mol. The van der Waals surface area contributed by atoms with Crippen molar-refractivity contribution < 1.29 is 27.9 Å². The largest absolute Gasteiger partial charge is 0.480 e. The summed E-state index contributed by atoms with van der Waals surface area (Å²) < 4.78 is 34.5. The molecule has 2 rings (SSSR count). The van der Waals surface area contributed by atoms with E-state index in [-0.39, 0.29) is 43.4 Å². The molecule has 0 bridgehead atoms. The first-order valence-electron chi connectivity index (χ1n) is 11.2. The van der Waals surface area contributed by atoms with Crippen LogP contribution in [-0.2, 0) is 24.3 Å². The average molecular weight is 523 g/mol. The topological polar surface area (TPSA) is 181 Å². The number of rotatable bonds is 14. The zero-order valence-electron chi connectivity index (χ0n) is 20.7. The SMILES string of the molecule is COCCN(CC(=O)O)C(=O)C(CCCN=C(N)N)NS(=O)(=O)c1cccc2c(N(C)C)cccc12. The molecule has 0 heterocycles. The van der Waals surface area contributed by atoms with E-state index in [2.05, 4.69) is 9.71 Å². The molecule has 0 spiro atoms. The van der Waals surface area contributed by atoms with E-state index in [1.807, 2.05) is 31.1 Å². The molecule has 0 aliphatic rings. The standard InChI is InChI=1S/C23H34N6O6S/c1-28(2)19-10-4-8-17-16(19)7-5-11-20(17)36(33,34)27-18(9-6-12-26-23(24)25)22(32)29(13-14-35-3)15-21(30)31/h4-5,7-8,10-11,18,27H,6,9,12-15H2,1-3H3,(H,30,31)(H4,24,25,26). The molecule has 1 atom stereocenters. The number of nitrogens with one attached hydrogen (secondary N) is 1. The van der Waals surface area contributed by atoms with E-state index in [1.54, 1.807) is 18.2 Å². The van der Waals surface area contributed by atoms with Gasteiger partial charge in [-0.3, -0.25) is 14.6 Å². The van der Waals surface area contributed by atoms with Crippen LogP contribution in [0.25, 0.3) is 10.8 Å². The van der Waals surface area contributed by atoms with Crippen molar-refractivity contribution in [3.05, 3.63) is 36.4 Å². The smallest absolute Gasteiger partial charge is 0.323 e. The molecular formula is C23H34N6O6S. The van der Waals surface area contributed by atoms with Gasteiger partial charge < -0.3 is 31.1 Å². The molecule has 0 saturated carbocycles. The minimum Gasteiger partial charge on any atom is -0.480 e. The highest BCUT2D eigenvalue weighted by atomic mass is 32.2. The van der Waals surface area contributed by atoms with Gasteiger partial charge in [-0.1, -0.05) is 24.3 Å². The Kier molecular flexibility index (Phi) is 10.4. The number of guanidine groups is 1. The molecular weight excluding hydrogens is 488 g/mol. The number of benzene rings is 2. The summed E-state index contributed by atoms with van der Waals surface area (Å²) in [6, 6.07) is 9.01. The van der Waals surface area contributed by atoms with E-state index in [1.165, 1.54) is 13.2 Å². The number of carbonyl (C=O) groups excluding carboxylic acids is 1. The summed E-state index contributed by atoms with van der Waals surface area (Å²) in [5.41, 5.74) is 11.5.